The van der Waals surface area contributed by atoms with Crippen LogP contribution in [0.25, 0.3) is 0 Å². The molecule has 0 saturated carbocycles. The number of nitrogens with zero attached hydrogens (tertiary/aromatic N) is 2. The minimum absolute atomic E-state index is 0.400. The summed E-state index contributed by atoms with van der Waals surface area (Å²) in [5, 5.41) is 7.79. The molecular weight excluding hydrogens is 186 g/mol. The summed E-state index contributed by atoms with van der Waals surface area (Å²) in [4.78, 5) is 0. The second-order valence-electron chi connectivity index (χ2n) is 4.67. The molecule has 0 fully saturated rings. The lowest BCUT2D eigenvalue weighted by atomic mass is 10.1. The van der Waals surface area contributed by atoms with Crippen molar-refractivity contribution in [3.8, 4) is 0 Å². The Morgan fingerprint density at radius 3 is 2.53 bits per heavy atom. The first-order valence-electron chi connectivity index (χ1n) is 5.74. The smallest absolute Gasteiger partial charge is 0.0540 e. The molecule has 3 nitrogen and oxygen atoms in total. The summed E-state index contributed by atoms with van der Waals surface area (Å²) in [5.41, 5.74) is 2.56. The summed E-state index contributed by atoms with van der Waals surface area (Å²) in [6.45, 7) is 9.89. The van der Waals surface area contributed by atoms with Gasteiger partial charge in [0.15, 0.2) is 0 Å². The van der Waals surface area contributed by atoms with Crippen LogP contribution in [0.3, 0.4) is 0 Å². The first-order chi connectivity index (χ1) is 7.02. The normalized spacial score (nSPS) is 13.5. The van der Waals surface area contributed by atoms with Gasteiger partial charge in [0.05, 0.1) is 6.20 Å². The summed E-state index contributed by atoms with van der Waals surface area (Å²) >= 11 is 0. The van der Waals surface area contributed by atoms with Crippen molar-refractivity contribution < 1.29 is 0 Å². The molecule has 0 aliphatic rings. The van der Waals surface area contributed by atoms with Crippen molar-refractivity contribution in [1.29, 1.82) is 0 Å². The minimum Gasteiger partial charge on any atom is -0.310 e. The van der Waals surface area contributed by atoms with Crippen LogP contribution < -0.4 is 5.32 Å². The van der Waals surface area contributed by atoms with Gasteiger partial charge in [0.25, 0.3) is 0 Å². The maximum atomic E-state index is 4.26. The Morgan fingerprint density at radius 2 is 2.07 bits per heavy atom. The summed E-state index contributed by atoms with van der Waals surface area (Å²) in [7, 11) is 1.99. The molecule has 0 aromatic carbocycles. The molecule has 0 aliphatic carbocycles. The third-order valence-electron chi connectivity index (χ3n) is 2.91. The van der Waals surface area contributed by atoms with Crippen LogP contribution in [0.4, 0.5) is 0 Å². The fourth-order valence-electron chi connectivity index (χ4n) is 1.64. The number of rotatable bonds is 5. The number of hydrogen-bond donors (Lipinski definition) is 1. The first kappa shape index (κ1) is 12.2. The molecule has 1 aromatic rings. The summed E-state index contributed by atoms with van der Waals surface area (Å²) < 4.78 is 1.93. The van der Waals surface area contributed by atoms with Crippen LogP contribution in [0.2, 0.25) is 0 Å². The molecule has 0 saturated heterocycles. The maximum Gasteiger partial charge on any atom is 0.0540 e. The Bertz CT molecular complexity index is 302. The van der Waals surface area contributed by atoms with Crippen LogP contribution in [0.1, 0.15) is 44.5 Å². The zero-order chi connectivity index (χ0) is 11.4. The van der Waals surface area contributed by atoms with Gasteiger partial charge in [0, 0.05) is 24.3 Å². The zero-order valence-corrected chi connectivity index (χ0v) is 10.5. The van der Waals surface area contributed by atoms with Crippen molar-refractivity contribution in [2.75, 3.05) is 6.54 Å². The van der Waals surface area contributed by atoms with E-state index < -0.39 is 0 Å². The largest absolute Gasteiger partial charge is 0.310 e. The van der Waals surface area contributed by atoms with E-state index in [1.165, 1.54) is 17.7 Å². The van der Waals surface area contributed by atoms with Crippen molar-refractivity contribution >= 4 is 0 Å². The summed E-state index contributed by atoms with van der Waals surface area (Å²) in [6.07, 6.45) is 3.19. The van der Waals surface area contributed by atoms with Crippen LogP contribution >= 0.6 is 0 Å². The molecule has 1 N–H and O–H groups in total. The van der Waals surface area contributed by atoms with Gasteiger partial charge in [-0.25, -0.2) is 0 Å². The van der Waals surface area contributed by atoms with Crippen molar-refractivity contribution in [3.05, 3.63) is 17.5 Å². The molecule has 0 spiro atoms. The van der Waals surface area contributed by atoms with E-state index in [1.54, 1.807) is 0 Å². The van der Waals surface area contributed by atoms with Crippen molar-refractivity contribution in [2.45, 2.75) is 40.2 Å². The average molecular weight is 209 g/mol. The Morgan fingerprint density at radius 1 is 1.40 bits per heavy atom. The second kappa shape index (κ2) is 5.31. The molecule has 15 heavy (non-hydrogen) atoms. The quantitative estimate of drug-likeness (QED) is 0.807. The molecule has 1 aromatic heterocycles. The Balaban J connectivity index is 2.47. The highest BCUT2D eigenvalue weighted by Gasteiger charge is 2.10. The van der Waals surface area contributed by atoms with Crippen molar-refractivity contribution in [3.63, 3.8) is 0 Å². The van der Waals surface area contributed by atoms with Crippen molar-refractivity contribution in [2.24, 2.45) is 13.0 Å². The molecule has 86 valence electrons. The second-order valence-corrected chi connectivity index (χ2v) is 4.67. The number of nitrogens with one attached hydrogen (secondary N) is 1. The molecule has 0 bridgehead atoms. The van der Waals surface area contributed by atoms with Gasteiger partial charge in [-0.3, -0.25) is 4.68 Å². The average Bonchev–Trinajstić information content (AvgIpc) is 2.47. The van der Waals surface area contributed by atoms with E-state index >= 15 is 0 Å². The molecule has 1 atom stereocenters. The van der Waals surface area contributed by atoms with Gasteiger partial charge in [-0.15, -0.1) is 0 Å². The van der Waals surface area contributed by atoms with Gasteiger partial charge >= 0.3 is 0 Å². The fourth-order valence-corrected chi connectivity index (χ4v) is 1.64. The van der Waals surface area contributed by atoms with Crippen LogP contribution in [0.5, 0.6) is 0 Å². The van der Waals surface area contributed by atoms with E-state index in [1.807, 2.05) is 17.9 Å². The van der Waals surface area contributed by atoms with E-state index in [0.29, 0.717) is 6.04 Å². The van der Waals surface area contributed by atoms with Crippen LogP contribution in [-0.4, -0.2) is 16.3 Å². The van der Waals surface area contributed by atoms with Gasteiger partial charge in [0.2, 0.25) is 0 Å². The van der Waals surface area contributed by atoms with E-state index in [0.717, 1.165) is 12.5 Å². The zero-order valence-electron chi connectivity index (χ0n) is 10.5. The highest BCUT2D eigenvalue weighted by Crippen LogP contribution is 2.15. The van der Waals surface area contributed by atoms with Crippen LogP contribution in [0, 0.1) is 12.8 Å². The summed E-state index contributed by atoms with van der Waals surface area (Å²) in [5.74, 6) is 0.764. The highest BCUT2D eigenvalue weighted by atomic mass is 15.3. The lowest BCUT2D eigenvalue weighted by Crippen LogP contribution is -2.21. The molecule has 0 radical (unpaired) electrons. The standard InChI is InChI=1S/C12H23N3/c1-9(2)6-7-13-10(3)12-8-14-15(5)11(12)4/h8-10,13H,6-7H2,1-5H3. The van der Waals surface area contributed by atoms with Gasteiger partial charge in [0.1, 0.15) is 0 Å². The first-order valence-corrected chi connectivity index (χ1v) is 5.74. The number of hydrogen-bond acceptors (Lipinski definition) is 2. The highest BCUT2D eigenvalue weighted by molar-refractivity contribution is 5.19. The maximum absolute atomic E-state index is 4.26. The SMILES string of the molecule is Cc1c(C(C)NCCC(C)C)cnn1C. The number of aryl methyl sites for hydroxylation is 1. The molecule has 3 heteroatoms. The van der Waals surface area contributed by atoms with E-state index in [-0.39, 0.29) is 0 Å². The van der Waals surface area contributed by atoms with E-state index in [9.17, 15) is 0 Å². The topological polar surface area (TPSA) is 29.9 Å². The monoisotopic (exact) mass is 209 g/mol. The Labute approximate surface area is 92.9 Å². The molecular formula is C12H23N3. The molecule has 0 aliphatic heterocycles. The fraction of sp³-hybridized carbons (Fsp3) is 0.750. The van der Waals surface area contributed by atoms with Gasteiger partial charge in [-0.2, -0.15) is 5.10 Å². The van der Waals surface area contributed by atoms with E-state index in [4.69, 9.17) is 0 Å². The van der Waals surface area contributed by atoms with Gasteiger partial charge < -0.3 is 5.32 Å². The molecule has 0 amide bonds. The van der Waals surface area contributed by atoms with Gasteiger partial charge in [-0.1, -0.05) is 13.8 Å². The summed E-state index contributed by atoms with van der Waals surface area (Å²) in [6, 6.07) is 0.400. The lowest BCUT2D eigenvalue weighted by Gasteiger charge is -2.14. The van der Waals surface area contributed by atoms with E-state index in [2.05, 4.69) is 38.1 Å². The molecule has 1 heterocycles. The third kappa shape index (κ3) is 3.34. The third-order valence-corrected chi connectivity index (χ3v) is 2.91. The lowest BCUT2D eigenvalue weighted by molar-refractivity contribution is 0.496. The predicted octanol–water partition coefficient (Wildman–Crippen LogP) is 2.43. The van der Waals surface area contributed by atoms with Crippen molar-refractivity contribution in [1.82, 2.24) is 15.1 Å². The van der Waals surface area contributed by atoms with Crippen LogP contribution in [0.15, 0.2) is 6.20 Å². The Kier molecular flexibility index (Phi) is 4.33. The minimum atomic E-state index is 0.400. The molecule has 1 rings (SSSR count). The van der Waals surface area contributed by atoms with Crippen LogP contribution in [-0.2, 0) is 7.05 Å². The molecule has 1 unspecified atom stereocenters. The Hall–Kier alpha value is -0.830. The number of aromatic nitrogens is 2. The predicted molar refractivity (Wildman–Crippen MR) is 63.8 cm³/mol. The van der Waals surface area contributed by atoms with Gasteiger partial charge in [-0.05, 0) is 32.7 Å².